The van der Waals surface area contributed by atoms with Crippen LogP contribution < -0.4 is 5.73 Å². The number of rotatable bonds is 2. The first-order valence-electron chi connectivity index (χ1n) is 3.59. The highest BCUT2D eigenvalue weighted by Gasteiger charge is 2.14. The number of hydrogen-bond donors (Lipinski definition) is 2. The van der Waals surface area contributed by atoms with Crippen molar-refractivity contribution in [3.05, 3.63) is 33.6 Å². The summed E-state index contributed by atoms with van der Waals surface area (Å²) in [7, 11) is 0. The molecule has 0 aliphatic rings. The van der Waals surface area contributed by atoms with Gasteiger partial charge in [0.15, 0.2) is 0 Å². The quantitative estimate of drug-likeness (QED) is 0.755. The molecule has 1 aromatic rings. The van der Waals surface area contributed by atoms with Gasteiger partial charge in [-0.3, -0.25) is 0 Å². The molecule has 0 aliphatic heterocycles. The van der Waals surface area contributed by atoms with E-state index in [-0.39, 0.29) is 22.2 Å². The third-order valence-electron chi connectivity index (χ3n) is 1.60. The van der Waals surface area contributed by atoms with Gasteiger partial charge in [-0.2, -0.15) is 0 Å². The minimum atomic E-state index is -1.07. The largest absolute Gasteiger partial charge is 0.387 e. The Morgan fingerprint density at radius 2 is 2.08 bits per heavy atom. The molecule has 3 N–H and O–H groups in total. The van der Waals surface area contributed by atoms with Crippen LogP contribution in [0, 0.1) is 5.82 Å². The van der Waals surface area contributed by atoms with Crippen LogP contribution in [0.5, 0.6) is 0 Å². The maximum atomic E-state index is 13.2. The second-order valence-electron chi connectivity index (χ2n) is 2.54. The van der Waals surface area contributed by atoms with Gasteiger partial charge >= 0.3 is 0 Å². The van der Waals surface area contributed by atoms with E-state index in [1.807, 2.05) is 0 Å². The van der Waals surface area contributed by atoms with E-state index < -0.39 is 11.9 Å². The summed E-state index contributed by atoms with van der Waals surface area (Å²) < 4.78 is 13.2. The smallest absolute Gasteiger partial charge is 0.147 e. The summed E-state index contributed by atoms with van der Waals surface area (Å²) in [6.45, 7) is -0.0758. The molecule has 0 aliphatic carbocycles. The summed E-state index contributed by atoms with van der Waals surface area (Å²) in [5.41, 5.74) is 5.20. The van der Waals surface area contributed by atoms with Crippen molar-refractivity contribution in [1.82, 2.24) is 0 Å². The summed E-state index contributed by atoms with van der Waals surface area (Å²) in [6.07, 6.45) is -1.07. The first-order valence-corrected chi connectivity index (χ1v) is 4.34. The van der Waals surface area contributed by atoms with Crippen LogP contribution in [-0.4, -0.2) is 11.7 Å². The van der Waals surface area contributed by atoms with E-state index >= 15 is 0 Å². The van der Waals surface area contributed by atoms with Crippen molar-refractivity contribution in [2.75, 3.05) is 6.54 Å². The molecule has 0 fully saturated rings. The number of aliphatic hydroxyl groups is 1. The second-order valence-corrected chi connectivity index (χ2v) is 3.39. The standard InChI is InChI=1S/C8H8Cl2FNO/c9-4-1-5(7(13)3-12)8(11)6(10)2-4/h1-2,7,13H,3,12H2/t7-/m0/s1. The van der Waals surface area contributed by atoms with Gasteiger partial charge in [-0.15, -0.1) is 0 Å². The van der Waals surface area contributed by atoms with E-state index in [1.54, 1.807) is 0 Å². The lowest BCUT2D eigenvalue weighted by atomic mass is 10.1. The molecule has 0 heterocycles. The number of aliphatic hydroxyl groups excluding tert-OH is 1. The van der Waals surface area contributed by atoms with Gasteiger partial charge in [0.2, 0.25) is 0 Å². The van der Waals surface area contributed by atoms with Crippen molar-refractivity contribution < 1.29 is 9.50 Å². The Labute approximate surface area is 85.1 Å². The molecular formula is C8H8Cl2FNO. The van der Waals surface area contributed by atoms with Crippen molar-refractivity contribution >= 4 is 23.2 Å². The van der Waals surface area contributed by atoms with Crippen molar-refractivity contribution in [3.63, 3.8) is 0 Å². The fourth-order valence-corrected chi connectivity index (χ4v) is 1.45. The molecule has 72 valence electrons. The van der Waals surface area contributed by atoms with Crippen molar-refractivity contribution in [1.29, 1.82) is 0 Å². The van der Waals surface area contributed by atoms with E-state index in [9.17, 15) is 9.50 Å². The third kappa shape index (κ3) is 2.31. The molecule has 0 unspecified atom stereocenters. The zero-order valence-electron chi connectivity index (χ0n) is 6.60. The van der Waals surface area contributed by atoms with Gasteiger partial charge in [-0.1, -0.05) is 23.2 Å². The van der Waals surface area contributed by atoms with Gasteiger partial charge in [0, 0.05) is 17.1 Å². The fourth-order valence-electron chi connectivity index (χ4n) is 0.945. The van der Waals surface area contributed by atoms with Gasteiger partial charge in [0.05, 0.1) is 11.1 Å². The molecule has 1 rings (SSSR count). The van der Waals surface area contributed by atoms with E-state index in [0.717, 1.165) is 0 Å². The molecule has 2 nitrogen and oxygen atoms in total. The monoisotopic (exact) mass is 223 g/mol. The SMILES string of the molecule is NC[C@H](O)c1cc(Cl)cc(Cl)c1F. The molecule has 0 radical (unpaired) electrons. The first kappa shape index (κ1) is 10.7. The number of hydrogen-bond acceptors (Lipinski definition) is 2. The molecule has 0 spiro atoms. The molecule has 13 heavy (non-hydrogen) atoms. The molecular weight excluding hydrogens is 216 g/mol. The van der Waals surface area contributed by atoms with Crippen LogP contribution in [0.1, 0.15) is 11.7 Å². The molecule has 5 heteroatoms. The molecule has 1 atom stereocenters. The lowest BCUT2D eigenvalue weighted by Gasteiger charge is -2.10. The van der Waals surface area contributed by atoms with Gasteiger partial charge in [-0.05, 0) is 12.1 Å². The number of halogens is 3. The minimum absolute atomic E-state index is 0.0278. The first-order chi connectivity index (χ1) is 6.06. The Morgan fingerprint density at radius 3 is 2.62 bits per heavy atom. The van der Waals surface area contributed by atoms with Crippen LogP contribution in [0.2, 0.25) is 10.0 Å². The minimum Gasteiger partial charge on any atom is -0.387 e. The normalized spacial score (nSPS) is 13.0. The average Bonchev–Trinajstić information content (AvgIpc) is 2.10. The maximum Gasteiger partial charge on any atom is 0.147 e. The van der Waals surface area contributed by atoms with E-state index in [4.69, 9.17) is 28.9 Å². The van der Waals surface area contributed by atoms with E-state index in [2.05, 4.69) is 0 Å². The van der Waals surface area contributed by atoms with E-state index in [0.29, 0.717) is 0 Å². The lowest BCUT2D eigenvalue weighted by molar-refractivity contribution is 0.182. The molecule has 0 saturated heterocycles. The summed E-state index contributed by atoms with van der Waals surface area (Å²) in [5, 5.41) is 9.43. The number of nitrogens with two attached hydrogens (primary N) is 1. The molecule has 1 aromatic carbocycles. The Balaban J connectivity index is 3.20. The van der Waals surface area contributed by atoms with Gasteiger partial charge < -0.3 is 10.8 Å². The summed E-state index contributed by atoms with van der Waals surface area (Å²) in [4.78, 5) is 0. The second kappa shape index (κ2) is 4.24. The van der Waals surface area contributed by atoms with Crippen LogP contribution in [0.4, 0.5) is 4.39 Å². The Bertz CT molecular complexity index is 319. The summed E-state index contributed by atoms with van der Waals surface area (Å²) >= 11 is 11.1. The predicted molar refractivity (Wildman–Crippen MR) is 50.4 cm³/mol. The third-order valence-corrected chi connectivity index (χ3v) is 2.10. The lowest BCUT2D eigenvalue weighted by Crippen LogP contribution is -2.13. The summed E-state index contributed by atoms with van der Waals surface area (Å²) in [5.74, 6) is -0.677. The van der Waals surface area contributed by atoms with E-state index in [1.165, 1.54) is 12.1 Å². The topological polar surface area (TPSA) is 46.2 Å². The highest BCUT2D eigenvalue weighted by molar-refractivity contribution is 6.34. The van der Waals surface area contributed by atoms with Gasteiger partial charge in [0.1, 0.15) is 5.82 Å². The van der Waals surface area contributed by atoms with Gasteiger partial charge in [0.25, 0.3) is 0 Å². The van der Waals surface area contributed by atoms with Crippen LogP contribution in [0.15, 0.2) is 12.1 Å². The van der Waals surface area contributed by atoms with Gasteiger partial charge in [-0.25, -0.2) is 4.39 Å². The Kier molecular flexibility index (Phi) is 3.50. The Hall–Kier alpha value is -0.350. The predicted octanol–water partition coefficient (Wildman–Crippen LogP) is 2.12. The van der Waals surface area contributed by atoms with Crippen LogP contribution in [-0.2, 0) is 0 Å². The van der Waals surface area contributed by atoms with Crippen LogP contribution >= 0.6 is 23.2 Å². The Morgan fingerprint density at radius 1 is 1.46 bits per heavy atom. The van der Waals surface area contributed by atoms with Crippen molar-refractivity contribution in [2.24, 2.45) is 5.73 Å². The van der Waals surface area contributed by atoms with Crippen LogP contribution in [0.3, 0.4) is 0 Å². The zero-order chi connectivity index (χ0) is 10.0. The summed E-state index contributed by atoms with van der Waals surface area (Å²) in [6, 6.07) is 2.57. The molecule has 0 aromatic heterocycles. The molecule has 0 saturated carbocycles. The van der Waals surface area contributed by atoms with Crippen molar-refractivity contribution in [2.45, 2.75) is 6.10 Å². The molecule has 0 bridgehead atoms. The van der Waals surface area contributed by atoms with Crippen molar-refractivity contribution in [3.8, 4) is 0 Å². The maximum absolute atomic E-state index is 13.2. The number of benzene rings is 1. The molecule has 0 amide bonds. The fraction of sp³-hybridized carbons (Fsp3) is 0.250. The zero-order valence-corrected chi connectivity index (χ0v) is 8.11. The average molecular weight is 224 g/mol. The highest BCUT2D eigenvalue weighted by atomic mass is 35.5. The highest BCUT2D eigenvalue weighted by Crippen LogP contribution is 2.27. The van der Waals surface area contributed by atoms with Crippen LogP contribution in [0.25, 0.3) is 0 Å².